The number of aromatic nitrogens is 2. The van der Waals surface area contributed by atoms with Crippen LogP contribution >= 0.6 is 23.2 Å². The van der Waals surface area contributed by atoms with Crippen molar-refractivity contribution in [2.24, 2.45) is 5.10 Å². The van der Waals surface area contributed by atoms with Crippen LogP contribution < -0.4 is 11.0 Å². The van der Waals surface area contributed by atoms with E-state index in [0.717, 1.165) is 0 Å². The number of halogens is 2. The first-order chi connectivity index (χ1) is 9.54. The number of amides is 1. The van der Waals surface area contributed by atoms with Gasteiger partial charge in [0.05, 0.1) is 22.7 Å². The molecule has 0 unspecified atom stereocenters. The minimum absolute atomic E-state index is 0.0253. The van der Waals surface area contributed by atoms with Gasteiger partial charge in [0.1, 0.15) is 0 Å². The maximum Gasteiger partial charge on any atom is 0.264 e. The van der Waals surface area contributed by atoms with Crippen molar-refractivity contribution >= 4 is 35.3 Å². The van der Waals surface area contributed by atoms with Crippen LogP contribution in [0.4, 0.5) is 0 Å². The number of H-pyrrole nitrogens is 2. The minimum atomic E-state index is -0.350. The zero-order valence-electron chi connectivity index (χ0n) is 10.1. The van der Waals surface area contributed by atoms with Crippen LogP contribution in [0, 0.1) is 0 Å². The fourth-order valence-corrected chi connectivity index (χ4v) is 1.76. The van der Waals surface area contributed by atoms with Crippen LogP contribution in [0.3, 0.4) is 0 Å². The third kappa shape index (κ3) is 3.97. The molecule has 2 rings (SSSR count). The lowest BCUT2D eigenvalue weighted by Crippen LogP contribution is -2.20. The molecule has 1 aromatic heterocycles. The van der Waals surface area contributed by atoms with E-state index in [-0.39, 0.29) is 17.9 Å². The normalized spacial score (nSPS) is 10.9. The summed E-state index contributed by atoms with van der Waals surface area (Å²) in [6.45, 7) is 0. The van der Waals surface area contributed by atoms with Crippen LogP contribution in [-0.2, 0) is 11.2 Å². The summed E-state index contributed by atoms with van der Waals surface area (Å²) >= 11 is 11.6. The number of hydrogen-bond donors (Lipinski definition) is 3. The monoisotopic (exact) mass is 312 g/mol. The van der Waals surface area contributed by atoms with Gasteiger partial charge in [-0.05, 0) is 17.7 Å². The average molecular weight is 313 g/mol. The molecule has 104 valence electrons. The predicted molar refractivity (Wildman–Crippen MR) is 77.3 cm³/mol. The maximum atomic E-state index is 11.5. The average Bonchev–Trinajstić information content (AvgIpc) is 2.79. The van der Waals surface area contributed by atoms with Gasteiger partial charge in [-0.25, -0.2) is 5.43 Å². The minimum Gasteiger partial charge on any atom is -0.302 e. The number of carbonyl (C=O) groups is 1. The highest BCUT2D eigenvalue weighted by Gasteiger charge is 2.04. The van der Waals surface area contributed by atoms with Crippen LogP contribution in [0.15, 0.2) is 34.2 Å². The van der Waals surface area contributed by atoms with Crippen LogP contribution in [0.1, 0.15) is 11.3 Å². The zero-order chi connectivity index (χ0) is 14.5. The van der Waals surface area contributed by atoms with Gasteiger partial charge in [-0.3, -0.25) is 14.7 Å². The second-order valence-corrected chi connectivity index (χ2v) is 4.74. The SMILES string of the molecule is O=C(Cc1cc(=O)[nH][nH]1)NN=Cc1ccc(Cl)c(Cl)c1. The molecule has 6 nitrogen and oxygen atoms in total. The Kier molecular flexibility index (Phi) is 4.60. The molecule has 1 amide bonds. The molecule has 0 fully saturated rings. The number of carbonyl (C=O) groups excluding carboxylic acids is 1. The van der Waals surface area contributed by atoms with E-state index in [2.05, 4.69) is 20.7 Å². The molecule has 0 aliphatic rings. The Morgan fingerprint density at radius 1 is 1.25 bits per heavy atom. The largest absolute Gasteiger partial charge is 0.302 e. The third-order valence-corrected chi connectivity index (χ3v) is 3.09. The Morgan fingerprint density at radius 2 is 2.05 bits per heavy atom. The van der Waals surface area contributed by atoms with Crippen molar-refractivity contribution in [3.63, 3.8) is 0 Å². The fraction of sp³-hybridized carbons (Fsp3) is 0.0833. The predicted octanol–water partition coefficient (Wildman–Crippen LogP) is 1.70. The summed E-state index contributed by atoms with van der Waals surface area (Å²) in [6.07, 6.45) is 1.47. The molecule has 0 aliphatic carbocycles. The zero-order valence-corrected chi connectivity index (χ0v) is 11.6. The summed E-state index contributed by atoms with van der Waals surface area (Å²) in [4.78, 5) is 22.4. The molecule has 0 atom stereocenters. The highest BCUT2D eigenvalue weighted by atomic mass is 35.5. The Bertz CT molecular complexity index is 705. The number of aromatic amines is 2. The number of rotatable bonds is 4. The van der Waals surface area contributed by atoms with Crippen LogP contribution in [-0.4, -0.2) is 22.3 Å². The van der Waals surface area contributed by atoms with Crippen LogP contribution in [0.2, 0.25) is 10.0 Å². The van der Waals surface area contributed by atoms with E-state index in [0.29, 0.717) is 21.3 Å². The molecule has 0 bridgehead atoms. The first kappa shape index (κ1) is 14.4. The van der Waals surface area contributed by atoms with E-state index in [1.807, 2.05) is 0 Å². The standard InChI is InChI=1S/C12H10Cl2N4O2/c13-9-2-1-7(3-10(9)14)6-15-17-11(19)4-8-5-12(20)18-16-8/h1-3,5-6H,4H2,(H,17,19)(H2,16,18,20). The van der Waals surface area contributed by atoms with E-state index >= 15 is 0 Å². The van der Waals surface area contributed by atoms with Gasteiger partial charge < -0.3 is 5.10 Å². The van der Waals surface area contributed by atoms with Gasteiger partial charge in [-0.2, -0.15) is 5.10 Å². The molecule has 0 saturated carbocycles. The Morgan fingerprint density at radius 3 is 2.70 bits per heavy atom. The summed E-state index contributed by atoms with van der Waals surface area (Å²) in [5.41, 5.74) is 3.24. The molecule has 1 heterocycles. The lowest BCUT2D eigenvalue weighted by molar-refractivity contribution is -0.120. The number of nitrogens with one attached hydrogen (secondary N) is 3. The quantitative estimate of drug-likeness (QED) is 0.592. The van der Waals surface area contributed by atoms with Gasteiger partial charge in [-0.1, -0.05) is 29.3 Å². The summed E-state index contributed by atoms with van der Waals surface area (Å²) in [7, 11) is 0. The summed E-state index contributed by atoms with van der Waals surface area (Å²) < 4.78 is 0. The molecule has 0 radical (unpaired) electrons. The van der Waals surface area contributed by atoms with Crippen molar-refractivity contribution in [3.8, 4) is 0 Å². The van der Waals surface area contributed by atoms with E-state index in [4.69, 9.17) is 23.2 Å². The van der Waals surface area contributed by atoms with Crippen LogP contribution in [0.25, 0.3) is 0 Å². The van der Waals surface area contributed by atoms with E-state index in [9.17, 15) is 9.59 Å². The van der Waals surface area contributed by atoms with Crippen molar-refractivity contribution in [2.75, 3.05) is 0 Å². The Labute approximate surface area is 123 Å². The van der Waals surface area contributed by atoms with Crippen molar-refractivity contribution in [1.29, 1.82) is 0 Å². The topological polar surface area (TPSA) is 90.1 Å². The second-order valence-electron chi connectivity index (χ2n) is 3.93. The maximum absolute atomic E-state index is 11.5. The number of hydrazone groups is 1. The highest BCUT2D eigenvalue weighted by Crippen LogP contribution is 2.21. The van der Waals surface area contributed by atoms with Gasteiger partial charge >= 0.3 is 0 Å². The molecule has 0 spiro atoms. The van der Waals surface area contributed by atoms with Gasteiger partial charge in [0.2, 0.25) is 5.91 Å². The smallest absolute Gasteiger partial charge is 0.264 e. The fourth-order valence-electron chi connectivity index (χ4n) is 1.45. The number of nitrogens with zero attached hydrogens (tertiary/aromatic N) is 1. The van der Waals surface area contributed by atoms with E-state index in [1.165, 1.54) is 12.3 Å². The Hall–Kier alpha value is -2.05. The molecular weight excluding hydrogens is 303 g/mol. The van der Waals surface area contributed by atoms with E-state index < -0.39 is 0 Å². The Balaban J connectivity index is 1.90. The molecular formula is C12H10Cl2N4O2. The third-order valence-electron chi connectivity index (χ3n) is 2.35. The van der Waals surface area contributed by atoms with E-state index in [1.54, 1.807) is 18.2 Å². The summed E-state index contributed by atoms with van der Waals surface area (Å²) in [6, 6.07) is 6.29. The van der Waals surface area contributed by atoms with Crippen LogP contribution in [0.5, 0.6) is 0 Å². The molecule has 0 aliphatic heterocycles. The molecule has 3 N–H and O–H groups in total. The van der Waals surface area contributed by atoms with Gasteiger partial charge in [0.25, 0.3) is 5.56 Å². The molecule has 0 saturated heterocycles. The van der Waals surface area contributed by atoms with Crippen molar-refractivity contribution in [1.82, 2.24) is 15.6 Å². The van der Waals surface area contributed by atoms with Gasteiger partial charge in [0, 0.05) is 11.8 Å². The number of benzene rings is 1. The molecule has 1 aromatic carbocycles. The first-order valence-corrected chi connectivity index (χ1v) is 6.34. The second kappa shape index (κ2) is 6.40. The van der Waals surface area contributed by atoms with Crippen molar-refractivity contribution in [2.45, 2.75) is 6.42 Å². The van der Waals surface area contributed by atoms with Gasteiger partial charge in [-0.15, -0.1) is 0 Å². The summed E-state index contributed by atoms with van der Waals surface area (Å²) in [5, 5.41) is 9.56. The van der Waals surface area contributed by atoms with Crippen molar-refractivity contribution in [3.05, 3.63) is 55.9 Å². The van der Waals surface area contributed by atoms with Gasteiger partial charge in [0.15, 0.2) is 0 Å². The highest BCUT2D eigenvalue weighted by molar-refractivity contribution is 6.42. The number of hydrogen-bond acceptors (Lipinski definition) is 3. The lowest BCUT2D eigenvalue weighted by Gasteiger charge is -1.99. The molecule has 2 aromatic rings. The van der Waals surface area contributed by atoms with Crippen molar-refractivity contribution < 1.29 is 4.79 Å². The molecule has 20 heavy (non-hydrogen) atoms. The summed E-state index contributed by atoms with van der Waals surface area (Å²) in [5.74, 6) is -0.350. The first-order valence-electron chi connectivity index (χ1n) is 5.58. The lowest BCUT2D eigenvalue weighted by atomic mass is 10.2. The molecule has 8 heteroatoms.